The van der Waals surface area contributed by atoms with Gasteiger partial charge in [0.1, 0.15) is 5.58 Å². The standard InChI is InChI=1S/C40H22N5O/c1-2-8-24-19-26(14-13-23(24)7-1)37-43-38(31-17-18-42-40-36(31)30-11-5-6-12-34(30)46-40)45-39(44-37)32-20-25-9-3-4-10-28(25)29-16-15-27-21-41-22-33(27)35(29)32/h1-22H/q+1. The van der Waals surface area contributed by atoms with E-state index >= 15 is 0 Å². The van der Waals surface area contributed by atoms with Gasteiger partial charge in [0.25, 0.3) is 0 Å². The molecule has 0 aliphatic carbocycles. The van der Waals surface area contributed by atoms with Crippen LogP contribution in [0.4, 0.5) is 0 Å². The second kappa shape index (κ2) is 9.50. The highest BCUT2D eigenvalue weighted by Crippen LogP contribution is 2.39. The molecule has 6 heteroatoms. The van der Waals surface area contributed by atoms with Crippen LogP contribution in [0.25, 0.3) is 88.5 Å². The van der Waals surface area contributed by atoms with Crippen molar-refractivity contribution < 1.29 is 4.42 Å². The summed E-state index contributed by atoms with van der Waals surface area (Å²) in [6, 6.07) is 39.6. The summed E-state index contributed by atoms with van der Waals surface area (Å²) < 4.78 is 10.7. The minimum Gasteiger partial charge on any atom is -0.438 e. The summed E-state index contributed by atoms with van der Waals surface area (Å²) in [5.74, 6) is 1.74. The third-order valence-electron chi connectivity index (χ3n) is 8.92. The predicted octanol–water partition coefficient (Wildman–Crippen LogP) is 8.55. The zero-order valence-electron chi connectivity index (χ0n) is 24.3. The van der Waals surface area contributed by atoms with Crippen molar-refractivity contribution in [3.05, 3.63) is 133 Å². The van der Waals surface area contributed by atoms with Crippen LogP contribution in [0.5, 0.6) is 0 Å². The zero-order chi connectivity index (χ0) is 30.2. The van der Waals surface area contributed by atoms with Crippen molar-refractivity contribution in [2.45, 2.75) is 0 Å². The van der Waals surface area contributed by atoms with Gasteiger partial charge in [-0.1, -0.05) is 89.6 Å². The number of hydrogen-bond acceptors (Lipinski definition) is 5. The van der Waals surface area contributed by atoms with Crippen molar-refractivity contribution in [1.29, 1.82) is 0 Å². The molecular formula is C40H22N5O+. The SMILES string of the molecule is C1=[N+]=Cc2c1ccc1c2c(-c2nc(-c3ccc4ccccc4c3)nc(-c3ccnc4oc5ccccc5c34)n2)cc2ccccc21. The van der Waals surface area contributed by atoms with Crippen molar-refractivity contribution in [3.8, 4) is 34.2 Å². The molecule has 0 saturated carbocycles. The molecule has 212 valence electrons. The fraction of sp³-hybridized carbons (Fsp3) is 0. The molecule has 1 aliphatic heterocycles. The highest BCUT2D eigenvalue weighted by atomic mass is 16.3. The molecular weight excluding hydrogens is 566 g/mol. The maximum absolute atomic E-state index is 6.15. The van der Waals surface area contributed by atoms with Crippen LogP contribution >= 0.6 is 0 Å². The van der Waals surface area contributed by atoms with Crippen LogP contribution < -0.4 is 4.67 Å². The third kappa shape index (κ3) is 3.68. The Morgan fingerprint density at radius 1 is 0.522 bits per heavy atom. The molecule has 0 radical (unpaired) electrons. The van der Waals surface area contributed by atoms with Gasteiger partial charge < -0.3 is 4.42 Å². The molecule has 6 aromatic carbocycles. The summed E-state index contributed by atoms with van der Waals surface area (Å²) in [4.78, 5) is 20.1. The average molecular weight is 589 g/mol. The lowest BCUT2D eigenvalue weighted by Crippen LogP contribution is -2.02. The van der Waals surface area contributed by atoms with E-state index in [2.05, 4.69) is 101 Å². The monoisotopic (exact) mass is 588 g/mol. The van der Waals surface area contributed by atoms with Crippen LogP contribution in [0.15, 0.2) is 126 Å². The molecule has 9 aromatic rings. The molecule has 0 amide bonds. The Labute approximate surface area is 262 Å². The second-order valence-corrected chi connectivity index (χ2v) is 11.5. The highest BCUT2D eigenvalue weighted by molar-refractivity contribution is 6.21. The topological polar surface area (TPSA) is 78.8 Å². The van der Waals surface area contributed by atoms with E-state index < -0.39 is 0 Å². The number of rotatable bonds is 3. The van der Waals surface area contributed by atoms with Crippen molar-refractivity contribution in [2.24, 2.45) is 0 Å². The molecule has 0 N–H and O–H groups in total. The molecule has 3 aromatic heterocycles. The summed E-state index contributed by atoms with van der Waals surface area (Å²) >= 11 is 0. The smallest absolute Gasteiger partial charge is 0.301 e. The first-order chi connectivity index (χ1) is 22.8. The first kappa shape index (κ1) is 24.9. The predicted molar refractivity (Wildman–Crippen MR) is 186 cm³/mol. The minimum absolute atomic E-state index is 0.550. The molecule has 0 atom stereocenters. The van der Waals surface area contributed by atoms with E-state index in [1.165, 1.54) is 5.39 Å². The molecule has 1 aliphatic rings. The molecule has 0 saturated heterocycles. The van der Waals surface area contributed by atoms with Crippen LogP contribution in [0.2, 0.25) is 0 Å². The summed E-state index contributed by atoms with van der Waals surface area (Å²) in [5, 5.41) is 8.63. The van der Waals surface area contributed by atoms with Gasteiger partial charge in [-0.2, -0.15) is 0 Å². The van der Waals surface area contributed by atoms with Crippen LogP contribution in [-0.4, -0.2) is 32.4 Å². The maximum Gasteiger partial charge on any atom is 0.301 e. The average Bonchev–Trinajstić information content (AvgIpc) is 3.76. The number of fused-ring (bicyclic) bond motifs is 9. The number of para-hydroxylation sites is 1. The van der Waals surface area contributed by atoms with E-state index in [1.54, 1.807) is 6.20 Å². The molecule has 0 bridgehead atoms. The first-order valence-corrected chi connectivity index (χ1v) is 15.2. The molecule has 0 unspecified atom stereocenters. The van der Waals surface area contributed by atoms with Crippen molar-refractivity contribution in [3.63, 3.8) is 0 Å². The van der Waals surface area contributed by atoms with Gasteiger partial charge in [-0.25, -0.2) is 19.9 Å². The molecule has 46 heavy (non-hydrogen) atoms. The van der Waals surface area contributed by atoms with Crippen molar-refractivity contribution >= 4 is 66.8 Å². The van der Waals surface area contributed by atoms with Crippen molar-refractivity contribution in [2.75, 3.05) is 0 Å². The van der Waals surface area contributed by atoms with Gasteiger partial charge >= 0.3 is 12.4 Å². The van der Waals surface area contributed by atoms with E-state index in [1.807, 2.05) is 36.7 Å². The Morgan fingerprint density at radius 2 is 1.28 bits per heavy atom. The largest absolute Gasteiger partial charge is 0.438 e. The minimum atomic E-state index is 0.550. The normalized spacial score (nSPS) is 12.3. The van der Waals surface area contributed by atoms with Crippen LogP contribution in [-0.2, 0) is 0 Å². The van der Waals surface area contributed by atoms with Gasteiger partial charge in [0.05, 0.1) is 16.5 Å². The van der Waals surface area contributed by atoms with Crippen LogP contribution in [0, 0.1) is 0 Å². The lowest BCUT2D eigenvalue weighted by molar-refractivity contribution is 0.654. The van der Waals surface area contributed by atoms with E-state index in [9.17, 15) is 0 Å². The first-order valence-electron chi connectivity index (χ1n) is 15.2. The maximum atomic E-state index is 6.15. The summed E-state index contributed by atoms with van der Waals surface area (Å²) in [6.07, 6.45) is 5.60. The van der Waals surface area contributed by atoms with Gasteiger partial charge in [0, 0.05) is 33.7 Å². The van der Waals surface area contributed by atoms with Gasteiger partial charge in [-0.05, 0) is 57.3 Å². The Bertz CT molecular complexity index is 2810. The number of nitrogens with zero attached hydrogens (tertiary/aromatic N) is 5. The van der Waals surface area contributed by atoms with E-state index in [4.69, 9.17) is 19.4 Å². The zero-order valence-corrected chi connectivity index (χ0v) is 24.3. The molecule has 0 spiro atoms. The third-order valence-corrected chi connectivity index (χ3v) is 8.92. The van der Waals surface area contributed by atoms with Gasteiger partial charge in [0.15, 0.2) is 17.5 Å². The van der Waals surface area contributed by atoms with Crippen molar-refractivity contribution in [1.82, 2.24) is 24.6 Å². The van der Waals surface area contributed by atoms with E-state index in [0.29, 0.717) is 23.2 Å². The Balaban J connectivity index is 1.32. The van der Waals surface area contributed by atoms with Crippen LogP contribution in [0.1, 0.15) is 11.1 Å². The number of aromatic nitrogens is 4. The van der Waals surface area contributed by atoms with Gasteiger partial charge in [0.2, 0.25) is 5.71 Å². The second-order valence-electron chi connectivity index (χ2n) is 11.5. The summed E-state index contributed by atoms with van der Waals surface area (Å²) in [6.45, 7) is 0. The number of hydrogen-bond donors (Lipinski definition) is 0. The lowest BCUT2D eigenvalue weighted by Gasteiger charge is -2.14. The Kier molecular flexibility index (Phi) is 5.14. The Hall–Kier alpha value is -6.49. The van der Waals surface area contributed by atoms with E-state index in [0.717, 1.165) is 71.1 Å². The number of furan rings is 1. The molecule has 6 nitrogen and oxygen atoms in total. The van der Waals surface area contributed by atoms with Crippen LogP contribution in [0.3, 0.4) is 0 Å². The van der Waals surface area contributed by atoms with Gasteiger partial charge in [-0.3, -0.25) is 0 Å². The summed E-state index contributed by atoms with van der Waals surface area (Å²) in [5.41, 5.74) is 6.15. The lowest BCUT2D eigenvalue weighted by atomic mass is 9.91. The molecule has 4 heterocycles. The van der Waals surface area contributed by atoms with E-state index in [-0.39, 0.29) is 0 Å². The molecule has 10 rings (SSSR count). The van der Waals surface area contributed by atoms with Gasteiger partial charge in [-0.15, -0.1) is 0 Å². The fourth-order valence-corrected chi connectivity index (χ4v) is 6.77. The summed E-state index contributed by atoms with van der Waals surface area (Å²) in [7, 11) is 0. The molecule has 0 fully saturated rings. The fourth-order valence-electron chi connectivity index (χ4n) is 6.77. The number of pyridine rings is 1. The highest BCUT2D eigenvalue weighted by Gasteiger charge is 2.24. The quantitative estimate of drug-likeness (QED) is 0.153. The Morgan fingerprint density at radius 3 is 2.20 bits per heavy atom. The number of benzene rings is 6.